The first-order chi connectivity index (χ1) is 12.6. The largest absolute Gasteiger partial charge is 0.497 e. The van der Waals surface area contributed by atoms with Crippen molar-refractivity contribution in [2.45, 2.75) is 6.42 Å². The van der Waals surface area contributed by atoms with Gasteiger partial charge in [-0.15, -0.1) is 0 Å². The number of anilines is 1. The Balaban J connectivity index is 2.02. The summed E-state index contributed by atoms with van der Waals surface area (Å²) >= 11 is 0. The summed E-state index contributed by atoms with van der Waals surface area (Å²) in [5.41, 5.74) is 10.8. The van der Waals surface area contributed by atoms with Crippen molar-refractivity contribution in [1.29, 1.82) is 0 Å². The minimum Gasteiger partial charge on any atom is -0.497 e. The molecule has 1 amide bonds. The zero-order valence-electron chi connectivity index (χ0n) is 14.6. The molecule has 0 spiro atoms. The number of fused-ring (bicyclic) bond motifs is 1. The van der Waals surface area contributed by atoms with E-state index in [0.717, 1.165) is 34.7 Å². The predicted molar refractivity (Wildman–Crippen MR) is 98.9 cm³/mol. The third-order valence-electron chi connectivity index (χ3n) is 4.69. The van der Waals surface area contributed by atoms with Gasteiger partial charge in [-0.05, 0) is 23.8 Å². The highest BCUT2D eigenvalue weighted by molar-refractivity contribution is 6.06. The number of nitrogens with zero attached hydrogens (tertiary/aromatic N) is 3. The van der Waals surface area contributed by atoms with E-state index in [2.05, 4.69) is 15.3 Å². The maximum atomic E-state index is 12.7. The fraction of sp³-hybridized carbons (Fsp3) is 0.211. The Morgan fingerprint density at radius 1 is 1.19 bits per heavy atom. The summed E-state index contributed by atoms with van der Waals surface area (Å²) in [6, 6.07) is 9.47. The monoisotopic (exact) mass is 349 g/mol. The molecular weight excluding hydrogens is 330 g/mol. The van der Waals surface area contributed by atoms with Gasteiger partial charge >= 0.3 is 0 Å². The lowest BCUT2D eigenvalue weighted by Gasteiger charge is -2.15. The highest BCUT2D eigenvalue weighted by Crippen LogP contribution is 2.39. The molecule has 1 aliphatic rings. The summed E-state index contributed by atoms with van der Waals surface area (Å²) in [7, 11) is 3.58. The molecule has 0 aliphatic carbocycles. The van der Waals surface area contributed by atoms with Gasteiger partial charge in [-0.3, -0.25) is 4.79 Å². The van der Waals surface area contributed by atoms with E-state index in [9.17, 15) is 4.79 Å². The van der Waals surface area contributed by atoms with Crippen molar-refractivity contribution in [3.63, 3.8) is 0 Å². The molecule has 0 saturated heterocycles. The number of benzene rings is 1. The predicted octanol–water partition coefficient (Wildman–Crippen LogP) is 2.03. The number of ether oxygens (including phenoxy) is 1. The van der Waals surface area contributed by atoms with Crippen LogP contribution in [0.3, 0.4) is 0 Å². The van der Waals surface area contributed by atoms with Gasteiger partial charge in [0.15, 0.2) is 0 Å². The summed E-state index contributed by atoms with van der Waals surface area (Å²) in [4.78, 5) is 21.0. The quantitative estimate of drug-likeness (QED) is 0.754. The van der Waals surface area contributed by atoms with Gasteiger partial charge in [-0.1, -0.05) is 12.1 Å². The maximum Gasteiger partial charge on any atom is 0.253 e. The second-order valence-corrected chi connectivity index (χ2v) is 6.14. The van der Waals surface area contributed by atoms with Crippen molar-refractivity contribution in [2.24, 2.45) is 7.05 Å². The van der Waals surface area contributed by atoms with Crippen LogP contribution in [0.2, 0.25) is 0 Å². The molecule has 0 atom stereocenters. The van der Waals surface area contributed by atoms with Gasteiger partial charge < -0.3 is 20.4 Å². The zero-order valence-corrected chi connectivity index (χ0v) is 14.6. The van der Waals surface area contributed by atoms with Crippen LogP contribution in [0.1, 0.15) is 16.1 Å². The summed E-state index contributed by atoms with van der Waals surface area (Å²) in [6.07, 6.45) is 2.39. The maximum absolute atomic E-state index is 12.7. The van der Waals surface area contributed by atoms with Crippen LogP contribution >= 0.6 is 0 Å². The van der Waals surface area contributed by atoms with Crippen molar-refractivity contribution >= 4 is 11.9 Å². The molecule has 26 heavy (non-hydrogen) atoms. The number of hydrogen-bond acceptors (Lipinski definition) is 5. The molecule has 2 aromatic heterocycles. The number of hydrogen-bond donors (Lipinski definition) is 2. The smallest absolute Gasteiger partial charge is 0.253 e. The van der Waals surface area contributed by atoms with Crippen molar-refractivity contribution in [3.8, 4) is 28.3 Å². The van der Waals surface area contributed by atoms with E-state index in [-0.39, 0.29) is 11.9 Å². The van der Waals surface area contributed by atoms with Crippen LogP contribution in [0.5, 0.6) is 5.75 Å². The Kier molecular flexibility index (Phi) is 3.84. The number of rotatable bonds is 3. The molecule has 3 heterocycles. The average molecular weight is 349 g/mol. The average Bonchev–Trinajstić information content (AvgIpc) is 2.96. The van der Waals surface area contributed by atoms with Gasteiger partial charge in [0, 0.05) is 37.5 Å². The number of carbonyl (C=O) groups is 1. The molecule has 4 rings (SSSR count). The molecule has 3 N–H and O–H groups in total. The van der Waals surface area contributed by atoms with Crippen LogP contribution in [0.25, 0.3) is 22.5 Å². The number of carbonyl (C=O) groups excluding carboxylic acids is 1. The van der Waals surface area contributed by atoms with Crippen molar-refractivity contribution in [2.75, 3.05) is 19.4 Å². The van der Waals surface area contributed by atoms with Crippen molar-refractivity contribution in [1.82, 2.24) is 19.9 Å². The normalized spacial score (nSPS) is 13.2. The van der Waals surface area contributed by atoms with Crippen molar-refractivity contribution < 1.29 is 9.53 Å². The Morgan fingerprint density at radius 2 is 1.96 bits per heavy atom. The second-order valence-electron chi connectivity index (χ2n) is 6.14. The Bertz CT molecular complexity index is 992. The Labute approximate surface area is 150 Å². The number of nitrogens with one attached hydrogen (secondary N) is 1. The molecule has 1 aliphatic heterocycles. The standard InChI is InChI=1S/C19H19N5O2/c1-24-14-8-10-21-18(25)16(14)15(11-3-5-12(26-2)6-4-11)17(24)13-7-9-22-19(20)23-13/h3-7,9H,8,10H2,1-2H3,(H,21,25)(H2,20,22,23). The summed E-state index contributed by atoms with van der Waals surface area (Å²) in [5.74, 6) is 0.892. The number of nitrogens with two attached hydrogens (primary N) is 1. The Morgan fingerprint density at radius 3 is 2.65 bits per heavy atom. The van der Waals surface area contributed by atoms with Crippen LogP contribution in [0, 0.1) is 0 Å². The minimum absolute atomic E-state index is 0.0686. The summed E-state index contributed by atoms with van der Waals surface area (Å²) < 4.78 is 7.29. The third kappa shape index (κ3) is 2.48. The van der Waals surface area contributed by atoms with E-state index in [1.165, 1.54) is 0 Å². The van der Waals surface area contributed by atoms with Gasteiger partial charge in [-0.2, -0.15) is 0 Å². The molecule has 132 valence electrons. The van der Waals surface area contributed by atoms with Gasteiger partial charge in [0.05, 0.1) is 24.1 Å². The molecule has 3 aromatic rings. The van der Waals surface area contributed by atoms with Gasteiger partial charge in [0.25, 0.3) is 5.91 Å². The highest BCUT2D eigenvalue weighted by Gasteiger charge is 2.30. The summed E-state index contributed by atoms with van der Waals surface area (Å²) in [5, 5.41) is 2.94. The number of aromatic nitrogens is 3. The van der Waals surface area contributed by atoms with Gasteiger partial charge in [0.1, 0.15) is 5.75 Å². The lowest BCUT2D eigenvalue weighted by molar-refractivity contribution is 0.0946. The minimum atomic E-state index is -0.0686. The first-order valence-corrected chi connectivity index (χ1v) is 8.33. The van der Waals surface area contributed by atoms with E-state index >= 15 is 0 Å². The molecule has 0 radical (unpaired) electrons. The number of nitrogen functional groups attached to an aromatic ring is 1. The summed E-state index contributed by atoms with van der Waals surface area (Å²) in [6.45, 7) is 0.622. The molecule has 7 heteroatoms. The van der Waals surface area contributed by atoms with E-state index in [1.807, 2.05) is 41.9 Å². The first kappa shape index (κ1) is 16.1. The molecule has 0 unspecified atom stereocenters. The van der Waals surface area contributed by atoms with E-state index in [0.29, 0.717) is 17.8 Å². The Hall–Kier alpha value is -3.35. The third-order valence-corrected chi connectivity index (χ3v) is 4.69. The van der Waals surface area contributed by atoms with E-state index < -0.39 is 0 Å². The van der Waals surface area contributed by atoms with E-state index in [4.69, 9.17) is 10.5 Å². The fourth-order valence-electron chi connectivity index (χ4n) is 3.50. The molecule has 7 nitrogen and oxygen atoms in total. The SMILES string of the molecule is COc1ccc(-c2c3c(n(C)c2-c2ccnc(N)n2)CCNC3=O)cc1. The number of methoxy groups -OCH3 is 1. The van der Waals surface area contributed by atoms with Crippen LogP contribution in [-0.4, -0.2) is 34.1 Å². The molecule has 1 aromatic carbocycles. The molecule has 0 bridgehead atoms. The fourth-order valence-corrected chi connectivity index (χ4v) is 3.50. The van der Waals surface area contributed by atoms with Crippen molar-refractivity contribution in [3.05, 3.63) is 47.8 Å². The lowest BCUT2D eigenvalue weighted by atomic mass is 9.96. The van der Waals surface area contributed by atoms with Crippen LogP contribution in [-0.2, 0) is 13.5 Å². The zero-order chi connectivity index (χ0) is 18.3. The molecular formula is C19H19N5O2. The molecule has 0 fully saturated rings. The van der Waals surface area contributed by atoms with Crippen LogP contribution in [0.15, 0.2) is 36.5 Å². The second kappa shape index (κ2) is 6.18. The van der Waals surface area contributed by atoms with Gasteiger partial charge in [-0.25, -0.2) is 9.97 Å². The first-order valence-electron chi connectivity index (χ1n) is 8.33. The lowest BCUT2D eigenvalue weighted by Crippen LogP contribution is -2.32. The van der Waals surface area contributed by atoms with E-state index in [1.54, 1.807) is 13.3 Å². The van der Waals surface area contributed by atoms with Crippen LogP contribution < -0.4 is 15.8 Å². The number of amides is 1. The van der Waals surface area contributed by atoms with Gasteiger partial charge in [0.2, 0.25) is 5.95 Å². The van der Waals surface area contributed by atoms with Crippen LogP contribution in [0.4, 0.5) is 5.95 Å². The molecule has 0 saturated carbocycles. The topological polar surface area (TPSA) is 95.1 Å². The highest BCUT2D eigenvalue weighted by atomic mass is 16.5.